The van der Waals surface area contributed by atoms with E-state index in [1.807, 2.05) is 0 Å². The van der Waals surface area contributed by atoms with Crippen LogP contribution in [0.2, 0.25) is 0 Å². The number of hydrogen-bond acceptors (Lipinski definition) is 4. The van der Waals surface area contributed by atoms with Crippen LogP contribution in [0.15, 0.2) is 17.8 Å². The van der Waals surface area contributed by atoms with E-state index in [9.17, 15) is 0 Å². The van der Waals surface area contributed by atoms with Crippen molar-refractivity contribution < 1.29 is 0 Å². The molecule has 2 aromatic rings. The number of nitrogens with one attached hydrogen (secondary N) is 1. The minimum Gasteiger partial charge on any atom is -0.317 e. The number of piperidine rings is 1. The maximum atomic E-state index is 4.66. The second-order valence-corrected chi connectivity index (χ2v) is 6.23. The molecule has 4 nitrogen and oxygen atoms in total. The van der Waals surface area contributed by atoms with Crippen LogP contribution in [0, 0.1) is 5.92 Å². The van der Waals surface area contributed by atoms with Gasteiger partial charge in [-0.3, -0.25) is 9.30 Å². The van der Waals surface area contributed by atoms with Crippen LogP contribution < -0.4 is 5.32 Å². The van der Waals surface area contributed by atoms with Crippen molar-refractivity contribution in [1.82, 2.24) is 19.6 Å². The zero-order chi connectivity index (χ0) is 13.1. The van der Waals surface area contributed by atoms with Crippen LogP contribution >= 0.6 is 11.3 Å². The molecule has 1 saturated heterocycles. The van der Waals surface area contributed by atoms with Gasteiger partial charge in [-0.25, -0.2) is 4.98 Å². The molecule has 0 spiro atoms. The minimum atomic E-state index is 0.863. The summed E-state index contributed by atoms with van der Waals surface area (Å²) in [5, 5.41) is 5.55. The monoisotopic (exact) mass is 278 g/mol. The number of thiazole rings is 1. The van der Waals surface area contributed by atoms with Gasteiger partial charge in [0.1, 0.15) is 0 Å². The zero-order valence-electron chi connectivity index (χ0n) is 11.5. The number of nitrogens with zero attached hydrogens (tertiary/aromatic N) is 3. The molecule has 1 aliphatic rings. The van der Waals surface area contributed by atoms with E-state index < -0.39 is 0 Å². The fourth-order valence-electron chi connectivity index (χ4n) is 2.78. The van der Waals surface area contributed by atoms with Gasteiger partial charge in [0, 0.05) is 24.3 Å². The molecule has 3 heterocycles. The van der Waals surface area contributed by atoms with Gasteiger partial charge < -0.3 is 5.32 Å². The highest BCUT2D eigenvalue weighted by atomic mass is 32.1. The molecule has 0 amide bonds. The van der Waals surface area contributed by atoms with E-state index in [0.717, 1.165) is 24.0 Å². The fraction of sp³-hybridized carbons (Fsp3) is 0.643. The molecule has 0 aliphatic carbocycles. The lowest BCUT2D eigenvalue weighted by Gasteiger charge is -2.31. The molecule has 1 aliphatic heterocycles. The topological polar surface area (TPSA) is 32.6 Å². The first-order valence-electron chi connectivity index (χ1n) is 7.19. The Balaban J connectivity index is 1.50. The molecule has 2 aromatic heterocycles. The van der Waals surface area contributed by atoms with Crippen molar-refractivity contribution in [3.8, 4) is 0 Å². The van der Waals surface area contributed by atoms with Crippen LogP contribution in [-0.4, -0.2) is 40.5 Å². The van der Waals surface area contributed by atoms with Crippen molar-refractivity contribution in [3.63, 3.8) is 0 Å². The summed E-state index contributed by atoms with van der Waals surface area (Å²) in [6.45, 7) is 7.88. The average molecular weight is 278 g/mol. The van der Waals surface area contributed by atoms with Crippen LogP contribution in [0.25, 0.3) is 4.96 Å². The van der Waals surface area contributed by atoms with Gasteiger partial charge in [-0.2, -0.15) is 0 Å². The fourth-order valence-corrected chi connectivity index (χ4v) is 3.50. The molecule has 5 heteroatoms. The third-order valence-electron chi connectivity index (χ3n) is 3.92. The van der Waals surface area contributed by atoms with Crippen molar-refractivity contribution in [3.05, 3.63) is 23.5 Å². The lowest BCUT2D eigenvalue weighted by Crippen LogP contribution is -2.36. The maximum absolute atomic E-state index is 4.66. The Morgan fingerprint density at radius 2 is 2.26 bits per heavy atom. The number of hydrogen-bond donors (Lipinski definition) is 1. The molecule has 0 atom stereocenters. The Morgan fingerprint density at radius 3 is 3.00 bits per heavy atom. The van der Waals surface area contributed by atoms with Gasteiger partial charge in [-0.05, 0) is 44.9 Å². The van der Waals surface area contributed by atoms with E-state index in [1.54, 1.807) is 11.3 Å². The maximum Gasteiger partial charge on any atom is 0.193 e. The standard InChI is InChI=1S/C14H22N4S/c1-2-15-9-12-3-5-17(6-4-12)10-13-11-18-7-8-19-14(18)16-13/h7-8,11-12,15H,2-6,9-10H2,1H3. The van der Waals surface area contributed by atoms with Gasteiger partial charge in [-0.1, -0.05) is 6.92 Å². The summed E-state index contributed by atoms with van der Waals surface area (Å²) in [7, 11) is 0. The predicted octanol–water partition coefficient (Wildman–Crippen LogP) is 2.22. The van der Waals surface area contributed by atoms with Crippen LogP contribution in [0.1, 0.15) is 25.5 Å². The van der Waals surface area contributed by atoms with Gasteiger partial charge in [0.2, 0.25) is 0 Å². The van der Waals surface area contributed by atoms with E-state index in [4.69, 9.17) is 0 Å². The van der Waals surface area contributed by atoms with E-state index in [2.05, 4.69) is 44.3 Å². The molecule has 0 aromatic carbocycles. The van der Waals surface area contributed by atoms with E-state index in [0.29, 0.717) is 0 Å². The largest absolute Gasteiger partial charge is 0.317 e. The lowest BCUT2D eigenvalue weighted by molar-refractivity contribution is 0.174. The summed E-state index contributed by atoms with van der Waals surface area (Å²) in [6, 6.07) is 0. The molecular weight excluding hydrogens is 256 g/mol. The Morgan fingerprint density at radius 1 is 1.42 bits per heavy atom. The number of fused-ring (bicyclic) bond motifs is 1. The zero-order valence-corrected chi connectivity index (χ0v) is 12.3. The van der Waals surface area contributed by atoms with E-state index in [-0.39, 0.29) is 0 Å². The first-order chi connectivity index (χ1) is 9.35. The second kappa shape index (κ2) is 6.03. The molecule has 1 N–H and O–H groups in total. The van der Waals surface area contributed by atoms with Crippen LogP contribution in [0.4, 0.5) is 0 Å². The molecule has 1 fully saturated rings. The lowest BCUT2D eigenvalue weighted by atomic mass is 9.97. The molecule has 19 heavy (non-hydrogen) atoms. The van der Waals surface area contributed by atoms with Crippen molar-refractivity contribution >= 4 is 16.3 Å². The number of likely N-dealkylation sites (tertiary alicyclic amines) is 1. The van der Waals surface area contributed by atoms with Gasteiger partial charge in [0.15, 0.2) is 4.96 Å². The van der Waals surface area contributed by atoms with E-state index >= 15 is 0 Å². The summed E-state index contributed by atoms with van der Waals surface area (Å²) in [4.78, 5) is 8.31. The first kappa shape index (κ1) is 13.1. The summed E-state index contributed by atoms with van der Waals surface area (Å²) in [5.74, 6) is 0.863. The summed E-state index contributed by atoms with van der Waals surface area (Å²) in [6.07, 6.45) is 6.88. The van der Waals surface area contributed by atoms with Gasteiger partial charge in [0.05, 0.1) is 5.69 Å². The number of imidazole rings is 1. The smallest absolute Gasteiger partial charge is 0.193 e. The Hall–Kier alpha value is -0.910. The highest BCUT2D eigenvalue weighted by Crippen LogP contribution is 2.19. The molecule has 0 saturated carbocycles. The van der Waals surface area contributed by atoms with Gasteiger partial charge in [0.25, 0.3) is 0 Å². The molecule has 0 radical (unpaired) electrons. The quantitative estimate of drug-likeness (QED) is 0.910. The summed E-state index contributed by atoms with van der Waals surface area (Å²) in [5.41, 5.74) is 1.21. The Kier molecular flexibility index (Phi) is 4.15. The SMILES string of the molecule is CCNCC1CCN(Cc2cn3ccsc3n2)CC1. The third kappa shape index (κ3) is 3.16. The van der Waals surface area contributed by atoms with Crippen LogP contribution in [0.5, 0.6) is 0 Å². The van der Waals surface area contributed by atoms with Crippen molar-refractivity contribution in [2.75, 3.05) is 26.2 Å². The normalized spacial score (nSPS) is 18.4. The predicted molar refractivity (Wildman–Crippen MR) is 79.6 cm³/mol. The summed E-state index contributed by atoms with van der Waals surface area (Å²) >= 11 is 1.70. The molecular formula is C14H22N4S. The highest BCUT2D eigenvalue weighted by molar-refractivity contribution is 7.15. The molecule has 0 bridgehead atoms. The van der Waals surface area contributed by atoms with Gasteiger partial charge >= 0.3 is 0 Å². The first-order valence-corrected chi connectivity index (χ1v) is 8.07. The third-order valence-corrected chi connectivity index (χ3v) is 4.69. The summed E-state index contributed by atoms with van der Waals surface area (Å²) < 4.78 is 2.12. The van der Waals surface area contributed by atoms with Crippen molar-refractivity contribution in [2.45, 2.75) is 26.3 Å². The van der Waals surface area contributed by atoms with Crippen LogP contribution in [-0.2, 0) is 6.54 Å². The number of aromatic nitrogens is 2. The number of rotatable bonds is 5. The molecule has 3 rings (SSSR count). The molecule has 104 valence electrons. The highest BCUT2D eigenvalue weighted by Gasteiger charge is 2.19. The minimum absolute atomic E-state index is 0.863. The Labute approximate surface area is 118 Å². The van der Waals surface area contributed by atoms with Crippen molar-refractivity contribution in [1.29, 1.82) is 0 Å². The average Bonchev–Trinajstić information content (AvgIpc) is 2.99. The van der Waals surface area contributed by atoms with Crippen LogP contribution in [0.3, 0.4) is 0 Å². The van der Waals surface area contributed by atoms with Gasteiger partial charge in [-0.15, -0.1) is 11.3 Å². The molecule has 0 unspecified atom stereocenters. The van der Waals surface area contributed by atoms with E-state index in [1.165, 1.54) is 38.2 Å². The Bertz CT molecular complexity index is 482. The van der Waals surface area contributed by atoms with Crippen molar-refractivity contribution in [2.24, 2.45) is 5.92 Å². The second-order valence-electron chi connectivity index (χ2n) is 5.35.